The molecule has 2 aliphatic rings. The summed E-state index contributed by atoms with van der Waals surface area (Å²) in [7, 11) is 0. The van der Waals surface area contributed by atoms with Crippen LogP contribution in [0.15, 0.2) is 0 Å². The summed E-state index contributed by atoms with van der Waals surface area (Å²) in [6, 6.07) is 0.636. The van der Waals surface area contributed by atoms with Gasteiger partial charge in [-0.05, 0) is 38.1 Å². The molecule has 0 saturated carbocycles. The van der Waals surface area contributed by atoms with E-state index in [2.05, 4.69) is 17.5 Å². The van der Waals surface area contributed by atoms with Crippen molar-refractivity contribution in [3.8, 4) is 0 Å². The van der Waals surface area contributed by atoms with E-state index in [0.29, 0.717) is 18.2 Å². The average Bonchev–Trinajstić information content (AvgIpc) is 2.89. The Morgan fingerprint density at radius 2 is 2.00 bits per heavy atom. The summed E-state index contributed by atoms with van der Waals surface area (Å²) in [6.45, 7) is 4.37. The first-order chi connectivity index (χ1) is 7.31. The van der Waals surface area contributed by atoms with Gasteiger partial charge in [0.05, 0.1) is 0 Å². The van der Waals surface area contributed by atoms with Crippen molar-refractivity contribution in [1.82, 2.24) is 9.80 Å². The van der Waals surface area contributed by atoms with Gasteiger partial charge in [0.1, 0.15) is 0 Å². The average molecular weight is 228 g/mol. The standard InChI is InChI=1S/C11H20N2OS/c14-11(4-8-15)13-7-3-10(9-13)12-5-1-2-6-12/h10,15H,1-9H2. The molecular formula is C11H20N2OS. The van der Waals surface area contributed by atoms with Crippen LogP contribution in [-0.4, -0.2) is 53.7 Å². The molecule has 0 radical (unpaired) electrons. The van der Waals surface area contributed by atoms with Gasteiger partial charge in [-0.3, -0.25) is 9.69 Å². The van der Waals surface area contributed by atoms with Crippen molar-refractivity contribution in [2.45, 2.75) is 31.7 Å². The van der Waals surface area contributed by atoms with Gasteiger partial charge in [0.2, 0.25) is 5.91 Å². The van der Waals surface area contributed by atoms with Crippen molar-refractivity contribution in [2.24, 2.45) is 0 Å². The van der Waals surface area contributed by atoms with E-state index in [0.717, 1.165) is 19.5 Å². The minimum atomic E-state index is 0.284. The van der Waals surface area contributed by atoms with Crippen LogP contribution in [0.4, 0.5) is 0 Å². The molecule has 1 atom stereocenters. The van der Waals surface area contributed by atoms with Crippen LogP contribution in [-0.2, 0) is 4.79 Å². The van der Waals surface area contributed by atoms with E-state index in [1.807, 2.05) is 4.90 Å². The number of nitrogens with zero attached hydrogens (tertiary/aromatic N) is 2. The third kappa shape index (κ3) is 2.67. The van der Waals surface area contributed by atoms with Crippen LogP contribution < -0.4 is 0 Å². The topological polar surface area (TPSA) is 23.6 Å². The molecule has 2 saturated heterocycles. The maximum atomic E-state index is 11.7. The molecule has 2 rings (SSSR count). The van der Waals surface area contributed by atoms with E-state index in [1.165, 1.54) is 25.9 Å². The number of likely N-dealkylation sites (tertiary alicyclic amines) is 2. The van der Waals surface area contributed by atoms with Gasteiger partial charge in [0.25, 0.3) is 0 Å². The fourth-order valence-electron chi connectivity index (χ4n) is 2.63. The maximum Gasteiger partial charge on any atom is 0.223 e. The lowest BCUT2D eigenvalue weighted by Gasteiger charge is -2.23. The Morgan fingerprint density at radius 3 is 2.67 bits per heavy atom. The molecule has 1 amide bonds. The molecule has 1 unspecified atom stereocenters. The fraction of sp³-hybridized carbons (Fsp3) is 0.909. The zero-order valence-corrected chi connectivity index (χ0v) is 10.1. The summed E-state index contributed by atoms with van der Waals surface area (Å²) in [6.07, 6.45) is 4.43. The largest absolute Gasteiger partial charge is 0.341 e. The van der Waals surface area contributed by atoms with Gasteiger partial charge in [-0.15, -0.1) is 0 Å². The van der Waals surface area contributed by atoms with Gasteiger partial charge >= 0.3 is 0 Å². The van der Waals surface area contributed by atoms with E-state index >= 15 is 0 Å². The highest BCUT2D eigenvalue weighted by molar-refractivity contribution is 7.80. The van der Waals surface area contributed by atoms with Gasteiger partial charge in [-0.2, -0.15) is 12.6 Å². The van der Waals surface area contributed by atoms with Gasteiger partial charge in [0, 0.05) is 25.6 Å². The van der Waals surface area contributed by atoms with Crippen molar-refractivity contribution >= 4 is 18.5 Å². The highest BCUT2D eigenvalue weighted by Crippen LogP contribution is 2.20. The van der Waals surface area contributed by atoms with E-state index in [1.54, 1.807) is 0 Å². The molecule has 15 heavy (non-hydrogen) atoms. The highest BCUT2D eigenvalue weighted by atomic mass is 32.1. The molecular weight excluding hydrogens is 208 g/mol. The minimum absolute atomic E-state index is 0.284. The van der Waals surface area contributed by atoms with E-state index in [-0.39, 0.29) is 5.91 Å². The Labute approximate surface area is 97.2 Å². The Balaban J connectivity index is 1.80. The molecule has 0 aromatic rings. The smallest absolute Gasteiger partial charge is 0.223 e. The number of carbonyl (C=O) groups is 1. The molecule has 2 fully saturated rings. The van der Waals surface area contributed by atoms with Crippen molar-refractivity contribution in [3.05, 3.63) is 0 Å². The number of thiol groups is 1. The molecule has 86 valence electrons. The first kappa shape index (κ1) is 11.3. The van der Waals surface area contributed by atoms with E-state index in [9.17, 15) is 4.79 Å². The second-order valence-corrected chi connectivity index (χ2v) is 4.95. The van der Waals surface area contributed by atoms with Crippen LogP contribution in [0.3, 0.4) is 0 Å². The monoisotopic (exact) mass is 228 g/mol. The van der Waals surface area contributed by atoms with Crippen LogP contribution in [0.1, 0.15) is 25.7 Å². The summed E-state index contributed by atoms with van der Waals surface area (Å²) in [4.78, 5) is 16.2. The Kier molecular flexibility index (Phi) is 3.92. The zero-order valence-electron chi connectivity index (χ0n) is 9.19. The first-order valence-corrected chi connectivity index (χ1v) is 6.57. The van der Waals surface area contributed by atoms with Gasteiger partial charge < -0.3 is 4.90 Å². The predicted octanol–water partition coefficient (Wildman–Crippen LogP) is 1.00. The SMILES string of the molecule is O=C(CCS)N1CCC(N2CCCC2)C1. The quantitative estimate of drug-likeness (QED) is 0.729. The molecule has 0 spiro atoms. The zero-order chi connectivity index (χ0) is 10.7. The summed E-state index contributed by atoms with van der Waals surface area (Å²) in [5.41, 5.74) is 0. The Bertz CT molecular complexity index is 229. The maximum absolute atomic E-state index is 11.7. The van der Waals surface area contributed by atoms with Crippen molar-refractivity contribution in [3.63, 3.8) is 0 Å². The van der Waals surface area contributed by atoms with Gasteiger partial charge in [-0.25, -0.2) is 0 Å². The fourth-order valence-corrected chi connectivity index (χ4v) is 2.82. The van der Waals surface area contributed by atoms with Gasteiger partial charge in [-0.1, -0.05) is 0 Å². The van der Waals surface area contributed by atoms with Crippen molar-refractivity contribution in [1.29, 1.82) is 0 Å². The molecule has 2 heterocycles. The minimum Gasteiger partial charge on any atom is -0.341 e. The molecule has 2 aliphatic heterocycles. The van der Waals surface area contributed by atoms with Crippen LogP contribution >= 0.6 is 12.6 Å². The number of hydrogen-bond donors (Lipinski definition) is 1. The summed E-state index contributed by atoms with van der Waals surface area (Å²) >= 11 is 4.10. The highest BCUT2D eigenvalue weighted by Gasteiger charge is 2.30. The predicted molar refractivity (Wildman–Crippen MR) is 64.3 cm³/mol. The second-order valence-electron chi connectivity index (χ2n) is 4.50. The molecule has 0 N–H and O–H groups in total. The first-order valence-electron chi connectivity index (χ1n) is 5.94. The van der Waals surface area contributed by atoms with Crippen LogP contribution in [0.25, 0.3) is 0 Å². The van der Waals surface area contributed by atoms with Crippen molar-refractivity contribution < 1.29 is 4.79 Å². The lowest BCUT2D eigenvalue weighted by Crippen LogP contribution is -2.37. The lowest BCUT2D eigenvalue weighted by molar-refractivity contribution is -0.129. The summed E-state index contributed by atoms with van der Waals surface area (Å²) in [5, 5.41) is 0. The van der Waals surface area contributed by atoms with Gasteiger partial charge in [0.15, 0.2) is 0 Å². The second kappa shape index (κ2) is 5.21. The number of amides is 1. The number of rotatable bonds is 3. The lowest BCUT2D eigenvalue weighted by atomic mass is 10.2. The van der Waals surface area contributed by atoms with Crippen LogP contribution in [0.5, 0.6) is 0 Å². The molecule has 3 nitrogen and oxygen atoms in total. The normalized spacial score (nSPS) is 27.5. The third-order valence-corrected chi connectivity index (χ3v) is 3.72. The molecule has 0 bridgehead atoms. The van der Waals surface area contributed by atoms with Crippen LogP contribution in [0, 0.1) is 0 Å². The number of carbonyl (C=O) groups excluding carboxylic acids is 1. The Hall–Kier alpha value is -0.220. The van der Waals surface area contributed by atoms with Crippen molar-refractivity contribution in [2.75, 3.05) is 31.9 Å². The van der Waals surface area contributed by atoms with Crippen LogP contribution in [0.2, 0.25) is 0 Å². The molecule has 0 aromatic heterocycles. The molecule has 0 aliphatic carbocycles. The molecule has 4 heteroatoms. The Morgan fingerprint density at radius 1 is 1.27 bits per heavy atom. The van der Waals surface area contributed by atoms with E-state index < -0.39 is 0 Å². The number of hydrogen-bond acceptors (Lipinski definition) is 3. The van der Waals surface area contributed by atoms with E-state index in [4.69, 9.17) is 0 Å². The summed E-state index contributed by atoms with van der Waals surface area (Å²) in [5.74, 6) is 0.954. The third-order valence-electron chi connectivity index (χ3n) is 3.50. The summed E-state index contributed by atoms with van der Waals surface area (Å²) < 4.78 is 0. The molecule has 0 aromatic carbocycles.